The predicted octanol–water partition coefficient (Wildman–Crippen LogP) is 17.3. The van der Waals surface area contributed by atoms with Crippen LogP contribution >= 0.6 is 0 Å². The molecule has 0 spiro atoms. The summed E-state index contributed by atoms with van der Waals surface area (Å²) in [5, 5.41) is 1.24. The van der Waals surface area contributed by atoms with Crippen molar-refractivity contribution in [3.05, 3.63) is 122 Å². The largest absolute Gasteiger partial charge is 0.468 e. The van der Waals surface area contributed by atoms with Gasteiger partial charge in [-0.25, -0.2) is 0 Å². The number of aryl methyl sites for hydroxylation is 1. The smallest absolute Gasteiger partial charge is 0.297 e. The number of rotatable bonds is 3. The second-order valence-corrected chi connectivity index (χ2v) is 29.9. The summed E-state index contributed by atoms with van der Waals surface area (Å²) in [4.78, 5) is 5.46. The lowest BCUT2D eigenvalue weighted by Crippen LogP contribution is -2.61. The number of hydrogen-bond acceptors (Lipinski definition) is 3. The average molecular weight is 957 g/mol. The molecule has 0 atom stereocenters. The molecule has 376 valence electrons. The summed E-state index contributed by atoms with van der Waals surface area (Å²) in [6.07, 6.45) is 9.42. The number of benzene rings is 5. The first-order valence-corrected chi connectivity index (χ1v) is 28.2. The van der Waals surface area contributed by atoms with Crippen LogP contribution in [0.3, 0.4) is 0 Å². The Morgan fingerprint density at radius 1 is 0.431 bits per heavy atom. The highest BCUT2D eigenvalue weighted by Gasteiger charge is 2.51. The first-order chi connectivity index (χ1) is 33.4. The third kappa shape index (κ3) is 6.73. The number of furan rings is 1. The standard InChI is InChI=1S/C68H85BN2O/c1-39(2)41-31-55-58-56(32-41)71(53-36-49-45(30-40(53)3)62(6,7)24-27-66(49,14)15)54-37-50-48(65(12,13)26-28-67(50,16)17)35-52(54)69(58)60-59(43-34-47-51(38-57(43)72-60)68(18,19)29-25-64(47,10)11)70(55)42-20-21-44-46(33-42)63(8,9)23-22-61(44,4)5/h20-21,30-39H,22-29H2,1-19H3. The molecule has 0 fully saturated rings. The number of nitrogens with zero attached hydrogens (tertiary/aromatic N) is 2. The van der Waals surface area contributed by atoms with Gasteiger partial charge in [0, 0.05) is 33.8 Å². The van der Waals surface area contributed by atoms with Crippen molar-refractivity contribution in [2.24, 2.45) is 0 Å². The van der Waals surface area contributed by atoms with E-state index < -0.39 is 0 Å². The third-order valence-electron chi connectivity index (χ3n) is 20.8. The summed E-state index contributed by atoms with van der Waals surface area (Å²) >= 11 is 0. The molecule has 0 unspecified atom stereocenters. The van der Waals surface area contributed by atoms with Crippen LogP contribution in [0.2, 0.25) is 0 Å². The highest BCUT2D eigenvalue weighted by molar-refractivity contribution is 7.00. The lowest BCUT2D eigenvalue weighted by atomic mass is 9.35. The van der Waals surface area contributed by atoms with Crippen LogP contribution in [0.25, 0.3) is 11.0 Å². The molecule has 0 bridgehead atoms. The molecule has 6 aliphatic rings. The molecule has 2 aliphatic heterocycles. The van der Waals surface area contributed by atoms with Gasteiger partial charge in [-0.15, -0.1) is 0 Å². The highest BCUT2D eigenvalue weighted by Crippen LogP contribution is 2.57. The van der Waals surface area contributed by atoms with E-state index in [1.165, 1.54) is 157 Å². The summed E-state index contributed by atoms with van der Waals surface area (Å²) in [6, 6.07) is 28.5. The van der Waals surface area contributed by atoms with Crippen LogP contribution in [0.1, 0.15) is 238 Å². The van der Waals surface area contributed by atoms with Crippen molar-refractivity contribution in [2.75, 3.05) is 9.80 Å². The van der Waals surface area contributed by atoms with Gasteiger partial charge < -0.3 is 14.2 Å². The van der Waals surface area contributed by atoms with Crippen LogP contribution < -0.4 is 26.4 Å². The first-order valence-electron chi connectivity index (χ1n) is 28.2. The van der Waals surface area contributed by atoms with E-state index in [2.05, 4.69) is 208 Å². The van der Waals surface area contributed by atoms with Crippen LogP contribution in [-0.4, -0.2) is 6.71 Å². The van der Waals surface area contributed by atoms with Gasteiger partial charge >= 0.3 is 0 Å². The Morgan fingerprint density at radius 2 is 0.847 bits per heavy atom. The average Bonchev–Trinajstić information content (AvgIpc) is 3.67. The second-order valence-electron chi connectivity index (χ2n) is 29.9. The monoisotopic (exact) mass is 957 g/mol. The summed E-state index contributed by atoms with van der Waals surface area (Å²) in [7, 11) is 0. The van der Waals surface area contributed by atoms with Gasteiger partial charge in [0.1, 0.15) is 5.58 Å². The van der Waals surface area contributed by atoms with E-state index >= 15 is 0 Å². The zero-order chi connectivity index (χ0) is 51.6. The van der Waals surface area contributed by atoms with E-state index in [0.29, 0.717) is 5.92 Å². The van der Waals surface area contributed by atoms with Crippen LogP contribution in [0.5, 0.6) is 0 Å². The molecule has 0 radical (unpaired) electrons. The number of fused-ring (bicyclic) bond motifs is 10. The fourth-order valence-corrected chi connectivity index (χ4v) is 15.1. The van der Waals surface area contributed by atoms with Gasteiger partial charge in [0.25, 0.3) is 6.71 Å². The van der Waals surface area contributed by atoms with E-state index in [1.54, 1.807) is 0 Å². The Labute approximate surface area is 435 Å². The maximum absolute atomic E-state index is 7.81. The number of anilines is 6. The molecule has 4 heteroatoms. The Balaban J connectivity index is 1.25. The molecule has 72 heavy (non-hydrogen) atoms. The molecule has 0 saturated heterocycles. The van der Waals surface area contributed by atoms with Gasteiger partial charge in [0.2, 0.25) is 0 Å². The lowest BCUT2D eigenvalue weighted by molar-refractivity contribution is 0.331. The molecule has 0 amide bonds. The molecule has 3 nitrogen and oxygen atoms in total. The lowest BCUT2D eigenvalue weighted by Gasteiger charge is -2.48. The minimum absolute atomic E-state index is 0.0318. The quantitative estimate of drug-likeness (QED) is 0.165. The summed E-state index contributed by atoms with van der Waals surface area (Å²) in [6.45, 7) is 46.8. The Morgan fingerprint density at radius 3 is 1.36 bits per heavy atom. The first kappa shape index (κ1) is 48.3. The Hall–Kier alpha value is -4.70. The fourth-order valence-electron chi connectivity index (χ4n) is 15.1. The van der Waals surface area contributed by atoms with E-state index in [-0.39, 0.29) is 50.0 Å². The third-order valence-corrected chi connectivity index (χ3v) is 20.8. The zero-order valence-corrected chi connectivity index (χ0v) is 48.0. The van der Waals surface area contributed by atoms with Crippen LogP contribution in [0.4, 0.5) is 34.1 Å². The van der Waals surface area contributed by atoms with Gasteiger partial charge in [-0.3, -0.25) is 0 Å². The van der Waals surface area contributed by atoms with Crippen molar-refractivity contribution in [1.82, 2.24) is 0 Å². The SMILES string of the molecule is Cc1cc2c(cc1N1c3cc4c(cc3B3c5oc6cc7c(cc6c5N(c5ccc6c(c5)C(C)(C)CCC6(C)C)c5cc(C(C)C)cc1c53)C(C)(C)CCC7(C)C)C(C)(C)CCC4(C)C)C(C)(C)CCC2(C)C. The molecule has 0 N–H and O–H groups in total. The van der Waals surface area contributed by atoms with Crippen molar-refractivity contribution >= 4 is 68.4 Å². The molecular formula is C68H85BN2O. The van der Waals surface area contributed by atoms with E-state index in [1.807, 2.05) is 0 Å². The van der Waals surface area contributed by atoms with E-state index in [0.717, 1.165) is 11.2 Å². The molecule has 6 aromatic rings. The zero-order valence-electron chi connectivity index (χ0n) is 48.0. The maximum atomic E-state index is 7.81. The van der Waals surface area contributed by atoms with Crippen LogP contribution in [0, 0.1) is 6.92 Å². The van der Waals surface area contributed by atoms with Crippen molar-refractivity contribution in [3.8, 4) is 0 Å². The highest BCUT2D eigenvalue weighted by atomic mass is 16.3. The van der Waals surface area contributed by atoms with Gasteiger partial charge in [0.05, 0.1) is 11.3 Å². The Kier molecular flexibility index (Phi) is 9.91. The maximum Gasteiger partial charge on any atom is 0.297 e. The van der Waals surface area contributed by atoms with Crippen molar-refractivity contribution in [3.63, 3.8) is 0 Å². The second kappa shape index (κ2) is 14.8. The molecular weight excluding hydrogens is 872 g/mol. The molecule has 5 aromatic carbocycles. The fraction of sp³-hybridized carbons (Fsp3) is 0.529. The minimum Gasteiger partial charge on any atom is -0.468 e. The van der Waals surface area contributed by atoms with Gasteiger partial charge in [-0.2, -0.15) is 0 Å². The van der Waals surface area contributed by atoms with E-state index in [9.17, 15) is 0 Å². The molecule has 1 aromatic heterocycles. The predicted molar refractivity (Wildman–Crippen MR) is 310 cm³/mol. The van der Waals surface area contributed by atoms with Crippen molar-refractivity contribution in [2.45, 2.75) is 232 Å². The van der Waals surface area contributed by atoms with Crippen molar-refractivity contribution < 1.29 is 4.42 Å². The molecule has 4 aliphatic carbocycles. The molecule has 0 saturated carbocycles. The Bertz CT molecular complexity index is 3320. The normalized spacial score (nSPS) is 22.6. The van der Waals surface area contributed by atoms with Gasteiger partial charge in [-0.1, -0.05) is 143 Å². The van der Waals surface area contributed by atoms with Gasteiger partial charge in [0.15, 0.2) is 0 Å². The molecule has 12 rings (SSSR count). The van der Waals surface area contributed by atoms with Crippen LogP contribution in [0.15, 0.2) is 71.1 Å². The molecule has 3 heterocycles. The van der Waals surface area contributed by atoms with E-state index in [4.69, 9.17) is 4.42 Å². The van der Waals surface area contributed by atoms with Crippen LogP contribution in [-0.2, 0) is 43.3 Å². The van der Waals surface area contributed by atoms with Gasteiger partial charge in [-0.05, 0) is 223 Å². The van der Waals surface area contributed by atoms with Crippen molar-refractivity contribution in [1.29, 1.82) is 0 Å². The summed E-state index contributed by atoms with van der Waals surface area (Å²) < 4.78 is 7.81. The summed E-state index contributed by atoms with van der Waals surface area (Å²) in [5.41, 5.74) is 27.7. The summed E-state index contributed by atoms with van der Waals surface area (Å²) in [5.74, 6) is 0.309. The minimum atomic E-state index is -0.105. The topological polar surface area (TPSA) is 19.6 Å². The number of hydrogen-bond donors (Lipinski definition) is 0.